The molecule has 9 N–H and O–H groups in total. The van der Waals surface area contributed by atoms with Gasteiger partial charge in [-0.3, -0.25) is 52.7 Å². The minimum Gasteiger partial charge on any atom is -0.368 e. The van der Waals surface area contributed by atoms with Crippen molar-refractivity contribution in [2.24, 2.45) is 22.9 Å². The summed E-state index contributed by atoms with van der Waals surface area (Å²) in [7, 11) is 0. The van der Waals surface area contributed by atoms with Crippen LogP contribution in [0.4, 0.5) is 0 Å². The molecule has 0 saturated heterocycles. The van der Waals surface area contributed by atoms with Crippen LogP contribution in [0.25, 0.3) is 0 Å². The fourth-order valence-electron chi connectivity index (χ4n) is 14.5. The highest BCUT2D eigenvalue weighted by atomic mass is 16.2. The van der Waals surface area contributed by atoms with Gasteiger partial charge in [0.2, 0.25) is 65.0 Å². The van der Waals surface area contributed by atoms with Gasteiger partial charge in [-0.25, -0.2) is 0 Å². The van der Waals surface area contributed by atoms with E-state index in [1.165, 1.54) is 49.0 Å². The Kier molecular flexibility index (Phi) is 49.2. The number of rotatable bonds is 64. The Balaban J connectivity index is 1.29. The van der Waals surface area contributed by atoms with Gasteiger partial charge >= 0.3 is 0 Å². The fraction of sp³-hybridized carbons (Fsp3) is 0.510. The van der Waals surface area contributed by atoms with Crippen LogP contribution in [0.15, 0.2) is 182 Å². The second-order valence-electron chi connectivity index (χ2n) is 31.5. The van der Waals surface area contributed by atoms with Crippen LogP contribution in [0.2, 0.25) is 0 Å². The van der Waals surface area contributed by atoms with Gasteiger partial charge in [-0.05, 0) is 84.7 Å². The average Bonchev–Trinajstić information content (AvgIpc) is 0.852. The summed E-state index contributed by atoms with van der Waals surface area (Å²) in [5.41, 5.74) is 29.5. The molecule has 0 bridgehead atoms. The molecule has 0 aliphatic carbocycles. The van der Waals surface area contributed by atoms with Gasteiger partial charge < -0.3 is 77.3 Å². The molecule has 6 rings (SSSR count). The van der Waals surface area contributed by atoms with Crippen LogP contribution in [0.1, 0.15) is 150 Å². The molecule has 11 amide bonds. The summed E-state index contributed by atoms with van der Waals surface area (Å²) < 4.78 is 0. The lowest BCUT2D eigenvalue weighted by molar-refractivity contribution is -0.149. The van der Waals surface area contributed by atoms with Crippen LogP contribution in [0.5, 0.6) is 0 Å². The fourth-order valence-corrected chi connectivity index (χ4v) is 14.5. The highest BCUT2D eigenvalue weighted by Gasteiger charge is 2.33. The number of nitrogens with one attached hydrogen (secondary N) is 1. The van der Waals surface area contributed by atoms with Gasteiger partial charge in [0.05, 0.1) is 72.0 Å². The van der Waals surface area contributed by atoms with E-state index in [1.54, 1.807) is 0 Å². The minimum absolute atomic E-state index is 0.0155. The van der Waals surface area contributed by atoms with E-state index in [9.17, 15) is 24.0 Å². The van der Waals surface area contributed by atoms with Gasteiger partial charge in [-0.2, -0.15) is 0 Å². The van der Waals surface area contributed by atoms with Gasteiger partial charge in [-0.1, -0.05) is 286 Å². The summed E-state index contributed by atoms with van der Waals surface area (Å²) in [5, 5.41) is 3.06. The first-order valence-electron chi connectivity index (χ1n) is 44.4. The number of carbonyl (C=O) groups is 11. The molecule has 0 heterocycles. The summed E-state index contributed by atoms with van der Waals surface area (Å²) in [4.78, 5) is 176. The molecule has 6 aromatic rings. The lowest BCUT2D eigenvalue weighted by atomic mass is 10.1. The number of hydrogen-bond donors (Lipinski definition) is 5. The zero-order valence-corrected chi connectivity index (χ0v) is 72.8. The average molecular weight is 1680 g/mol. The number of benzene rings is 6. The highest BCUT2D eigenvalue weighted by Crippen LogP contribution is 2.17. The van der Waals surface area contributed by atoms with E-state index < -0.39 is 111 Å². The first kappa shape index (κ1) is 100. The third-order valence-corrected chi connectivity index (χ3v) is 21.8. The first-order valence-corrected chi connectivity index (χ1v) is 44.4. The monoisotopic (exact) mass is 1680 g/mol. The summed E-state index contributed by atoms with van der Waals surface area (Å²) in [6.07, 6.45) is 17.5. The van der Waals surface area contributed by atoms with Gasteiger partial charge in [0.15, 0.2) is 0 Å². The van der Waals surface area contributed by atoms with E-state index in [4.69, 9.17) is 22.9 Å². The van der Waals surface area contributed by atoms with E-state index >= 15 is 28.8 Å². The molecule has 0 aliphatic heterocycles. The van der Waals surface area contributed by atoms with Crippen LogP contribution >= 0.6 is 0 Å². The normalized spacial score (nSPS) is 11.0. The minimum atomic E-state index is -0.721. The molecular formula is C96H139N15O11. The van der Waals surface area contributed by atoms with Crippen LogP contribution in [-0.4, -0.2) is 278 Å². The number of hydrogen-bond acceptors (Lipinski definition) is 15. The predicted molar refractivity (Wildman–Crippen MR) is 481 cm³/mol. The van der Waals surface area contributed by atoms with Crippen molar-refractivity contribution in [3.05, 3.63) is 215 Å². The Morgan fingerprint density at radius 1 is 0.230 bits per heavy atom. The molecular weight excluding hydrogens is 1540 g/mol. The van der Waals surface area contributed by atoms with Crippen LogP contribution in [-0.2, 0) is 91.3 Å². The van der Waals surface area contributed by atoms with E-state index in [-0.39, 0.29) is 104 Å². The van der Waals surface area contributed by atoms with E-state index in [0.29, 0.717) is 64.5 Å². The van der Waals surface area contributed by atoms with Crippen LogP contribution in [0.3, 0.4) is 0 Å². The standard InChI is InChI=1S/C96H139N15O11/c1-3-5-7-9-11-13-15-35-59-102(88(114)74-106(63-51-82-41-27-19-28-42-82)91(117)73-105(87(113)69-101-58-55-97)62-50-81-39-25-18-26-40-81)71-96(122)111(68-57-99)79-94(120)109(66-54-85-47-33-22-34-48-85)77-92(118)107(64-52-83-43-29-20-30-44-83)75-89(115)103(60-36-16-14-12-10-8-6-4-2)72-95(121)110(67-56-98)78-93(119)108(65-53-84-45-31-21-32-46-84)76-90(116)104(70-86(100)112)61-49-80-37-23-17-24-38-80/h17-34,37-48,101H,3-16,35-36,49-79,97-99H2,1-2H3,(H2,100,112). The lowest BCUT2D eigenvalue weighted by Crippen LogP contribution is -2.54. The van der Waals surface area contributed by atoms with Crippen molar-refractivity contribution in [1.29, 1.82) is 0 Å². The zero-order chi connectivity index (χ0) is 87.7. The molecule has 0 unspecified atom stereocenters. The molecule has 26 heteroatoms. The van der Waals surface area contributed by atoms with Gasteiger partial charge in [0.25, 0.3) is 0 Å². The topological polar surface area (TPSA) is 336 Å². The van der Waals surface area contributed by atoms with Gasteiger partial charge in [-0.15, -0.1) is 0 Å². The van der Waals surface area contributed by atoms with E-state index in [1.807, 2.05) is 182 Å². The van der Waals surface area contributed by atoms with Gasteiger partial charge in [0, 0.05) is 91.6 Å². The van der Waals surface area contributed by atoms with Crippen molar-refractivity contribution < 1.29 is 52.7 Å². The molecule has 6 aromatic carbocycles. The molecule has 664 valence electrons. The molecule has 26 nitrogen and oxygen atoms in total. The summed E-state index contributed by atoms with van der Waals surface area (Å²) in [6.45, 7) is 1.10. The number of amides is 11. The lowest BCUT2D eigenvalue weighted by Gasteiger charge is -2.33. The Labute approximate surface area is 725 Å². The molecule has 0 saturated carbocycles. The third-order valence-electron chi connectivity index (χ3n) is 21.8. The van der Waals surface area contributed by atoms with Crippen molar-refractivity contribution in [3.63, 3.8) is 0 Å². The molecule has 0 aromatic heterocycles. The summed E-state index contributed by atoms with van der Waals surface area (Å²) in [6, 6.07) is 57.0. The Bertz CT molecular complexity index is 4010. The van der Waals surface area contributed by atoms with E-state index in [0.717, 1.165) is 123 Å². The summed E-state index contributed by atoms with van der Waals surface area (Å²) >= 11 is 0. The van der Waals surface area contributed by atoms with E-state index in [2.05, 4.69) is 19.2 Å². The Morgan fingerprint density at radius 3 is 0.623 bits per heavy atom. The quantitative estimate of drug-likeness (QED) is 0.0226. The number of unbranched alkanes of at least 4 members (excludes halogenated alkanes) is 14. The van der Waals surface area contributed by atoms with Crippen molar-refractivity contribution in [1.82, 2.24) is 54.3 Å². The third kappa shape index (κ3) is 40.3. The Hall–Kier alpha value is -10.7. The molecule has 0 radical (unpaired) electrons. The maximum atomic E-state index is 15.5. The number of nitrogens with two attached hydrogens (primary N) is 4. The molecule has 0 spiro atoms. The van der Waals surface area contributed by atoms with Crippen LogP contribution < -0.4 is 28.3 Å². The van der Waals surface area contributed by atoms with Crippen molar-refractivity contribution >= 4 is 65.0 Å². The maximum absolute atomic E-state index is 15.5. The zero-order valence-electron chi connectivity index (χ0n) is 72.8. The second kappa shape index (κ2) is 59.9. The largest absolute Gasteiger partial charge is 0.368 e. The first-order chi connectivity index (χ1) is 59.3. The molecule has 0 aliphatic rings. The van der Waals surface area contributed by atoms with Crippen molar-refractivity contribution in [2.45, 2.75) is 155 Å². The number of carbonyl (C=O) groups excluding carboxylic acids is 11. The Morgan fingerprint density at radius 2 is 0.418 bits per heavy atom. The highest BCUT2D eigenvalue weighted by molar-refractivity contribution is 5.95. The smallest absolute Gasteiger partial charge is 0.242 e. The number of primary amides is 1. The summed E-state index contributed by atoms with van der Waals surface area (Å²) in [5.74, 6) is -5.97. The maximum Gasteiger partial charge on any atom is 0.242 e. The SMILES string of the molecule is CCCCCCCCCCN(CC(=O)N(CCN)CC(=O)N(CCc1ccccc1)CC(=O)N(CCc1ccccc1)CC(=O)N(CCCCCCCCCC)CC(=O)N(CCN)CC(=O)N(CCc1ccccc1)CC(=O)N(CCc1ccccc1)CC(N)=O)C(=O)CN(CCc1ccccc1)C(=O)CN(CCc1ccccc1)C(=O)CNCCN. The number of nitrogens with zero attached hydrogens (tertiary/aromatic N) is 10. The second-order valence-corrected chi connectivity index (χ2v) is 31.5. The van der Waals surface area contributed by atoms with Crippen LogP contribution in [0, 0.1) is 0 Å². The van der Waals surface area contributed by atoms with Gasteiger partial charge in [0.1, 0.15) is 0 Å². The molecule has 0 fully saturated rings. The van der Waals surface area contributed by atoms with Crippen molar-refractivity contribution in [3.8, 4) is 0 Å². The molecule has 122 heavy (non-hydrogen) atoms. The molecule has 0 atom stereocenters. The predicted octanol–water partition coefficient (Wildman–Crippen LogP) is 7.96. The van der Waals surface area contributed by atoms with Crippen molar-refractivity contribution in [2.75, 3.05) is 164 Å².